The SMILES string of the molecule is CCCc1nc(C(C)(C)O)c(C(=O)O)n1Cc1ccc(-c2ccccc2-c2nnn(COC(=O)OCCCCON(O)O)n2)cc1. The lowest BCUT2D eigenvalue weighted by Gasteiger charge is -2.16. The summed E-state index contributed by atoms with van der Waals surface area (Å²) in [7, 11) is 0. The van der Waals surface area contributed by atoms with Crippen molar-refractivity contribution in [3.8, 4) is 22.5 Å². The molecule has 0 amide bonds. The van der Waals surface area contributed by atoms with Crippen molar-refractivity contribution < 1.29 is 44.5 Å². The van der Waals surface area contributed by atoms with Gasteiger partial charge >= 0.3 is 12.1 Å². The van der Waals surface area contributed by atoms with E-state index in [1.54, 1.807) is 4.57 Å². The van der Waals surface area contributed by atoms with Crippen LogP contribution in [0.4, 0.5) is 4.79 Å². The number of hydrogen-bond acceptors (Lipinski definition) is 13. The van der Waals surface area contributed by atoms with Crippen LogP contribution in [0.2, 0.25) is 0 Å². The van der Waals surface area contributed by atoms with E-state index in [9.17, 15) is 19.8 Å². The molecule has 0 bridgehead atoms. The van der Waals surface area contributed by atoms with E-state index >= 15 is 0 Å². The van der Waals surface area contributed by atoms with E-state index in [-0.39, 0.29) is 43.3 Å². The van der Waals surface area contributed by atoms with Crippen LogP contribution in [0, 0.1) is 0 Å². The van der Waals surface area contributed by atoms with Gasteiger partial charge in [0.1, 0.15) is 17.1 Å². The molecule has 0 aliphatic carbocycles. The molecule has 2 aromatic carbocycles. The maximum atomic E-state index is 12.2. The number of imidazole rings is 1. The van der Waals surface area contributed by atoms with E-state index in [2.05, 4.69) is 25.2 Å². The number of carboxylic acids is 1. The molecule has 4 aromatic rings. The maximum Gasteiger partial charge on any atom is 0.510 e. The van der Waals surface area contributed by atoms with E-state index < -0.39 is 17.7 Å². The summed E-state index contributed by atoms with van der Waals surface area (Å²) in [6, 6.07) is 15.1. The summed E-state index contributed by atoms with van der Waals surface area (Å²) < 4.78 is 11.6. The number of carbonyl (C=O) groups is 2. The van der Waals surface area contributed by atoms with Gasteiger partial charge in [0.15, 0.2) is 5.69 Å². The summed E-state index contributed by atoms with van der Waals surface area (Å²) in [6.45, 7) is 5.06. The maximum absolute atomic E-state index is 12.2. The average molecular weight is 640 g/mol. The lowest BCUT2D eigenvalue weighted by molar-refractivity contribution is -0.492. The van der Waals surface area contributed by atoms with Gasteiger partial charge in [0.25, 0.3) is 0 Å². The highest BCUT2D eigenvalue weighted by atomic mass is 17.1. The van der Waals surface area contributed by atoms with Crippen molar-refractivity contribution in [2.24, 2.45) is 0 Å². The Balaban J connectivity index is 1.44. The van der Waals surface area contributed by atoms with E-state index in [0.29, 0.717) is 36.5 Å². The lowest BCUT2D eigenvalue weighted by Crippen LogP contribution is -2.22. The number of carbonyl (C=O) groups excluding carboxylic acids is 1. The second kappa shape index (κ2) is 15.5. The molecule has 16 heteroatoms. The lowest BCUT2D eigenvalue weighted by atomic mass is 9.98. The molecular weight excluding hydrogens is 602 g/mol. The molecule has 0 atom stereocenters. The van der Waals surface area contributed by atoms with Gasteiger partial charge in [-0.05, 0) is 55.0 Å². The van der Waals surface area contributed by atoms with Gasteiger partial charge in [0, 0.05) is 18.5 Å². The first-order valence-electron chi connectivity index (χ1n) is 14.6. The third-order valence-electron chi connectivity index (χ3n) is 6.79. The molecule has 4 N–H and O–H groups in total. The predicted molar refractivity (Wildman–Crippen MR) is 159 cm³/mol. The molecule has 0 fully saturated rings. The third-order valence-corrected chi connectivity index (χ3v) is 6.79. The van der Waals surface area contributed by atoms with Crippen LogP contribution in [0.25, 0.3) is 22.5 Å². The molecule has 46 heavy (non-hydrogen) atoms. The fourth-order valence-electron chi connectivity index (χ4n) is 4.69. The first-order chi connectivity index (χ1) is 22.0. The Morgan fingerprint density at radius 3 is 2.33 bits per heavy atom. The van der Waals surface area contributed by atoms with Crippen LogP contribution in [-0.2, 0) is 39.6 Å². The molecule has 16 nitrogen and oxygen atoms in total. The van der Waals surface area contributed by atoms with Crippen LogP contribution in [0.3, 0.4) is 0 Å². The van der Waals surface area contributed by atoms with Crippen molar-refractivity contribution in [2.75, 3.05) is 13.2 Å². The normalized spacial score (nSPS) is 11.6. The highest BCUT2D eigenvalue weighted by Crippen LogP contribution is 2.31. The molecule has 246 valence electrons. The summed E-state index contributed by atoms with van der Waals surface area (Å²) in [5.41, 5.74) is 1.93. The van der Waals surface area contributed by atoms with Gasteiger partial charge in [-0.3, -0.25) is 15.3 Å². The number of benzene rings is 2. The molecule has 0 saturated heterocycles. The fourth-order valence-corrected chi connectivity index (χ4v) is 4.69. The second-order valence-electron chi connectivity index (χ2n) is 10.8. The summed E-state index contributed by atoms with van der Waals surface area (Å²) in [4.78, 5) is 34.1. The fraction of sp³-hybridized carbons (Fsp3) is 0.400. The molecule has 2 aromatic heterocycles. The summed E-state index contributed by atoms with van der Waals surface area (Å²) in [5, 5.41) is 49.5. The molecule has 0 aliphatic heterocycles. The summed E-state index contributed by atoms with van der Waals surface area (Å²) in [6.07, 6.45) is 1.24. The van der Waals surface area contributed by atoms with Gasteiger partial charge in [-0.25, -0.2) is 14.6 Å². The van der Waals surface area contributed by atoms with Crippen molar-refractivity contribution in [3.05, 3.63) is 71.3 Å². The number of rotatable bonds is 16. The van der Waals surface area contributed by atoms with Crippen molar-refractivity contribution in [3.63, 3.8) is 0 Å². The largest absolute Gasteiger partial charge is 0.510 e. The summed E-state index contributed by atoms with van der Waals surface area (Å²) in [5.74, 6) is -0.240. The van der Waals surface area contributed by atoms with Crippen LogP contribution in [0.5, 0.6) is 0 Å². The van der Waals surface area contributed by atoms with Gasteiger partial charge in [-0.15, -0.1) is 15.0 Å². The van der Waals surface area contributed by atoms with Crippen molar-refractivity contribution >= 4 is 12.1 Å². The smallest absolute Gasteiger partial charge is 0.477 e. The van der Waals surface area contributed by atoms with Gasteiger partial charge in [-0.2, -0.15) is 0 Å². The number of aromatic nitrogens is 6. The van der Waals surface area contributed by atoms with Crippen molar-refractivity contribution in [1.29, 1.82) is 0 Å². The number of nitrogens with zero attached hydrogens (tertiary/aromatic N) is 7. The first kappa shape index (κ1) is 34.1. The molecule has 2 heterocycles. The Morgan fingerprint density at radius 2 is 1.67 bits per heavy atom. The number of aromatic carboxylic acids is 1. The third kappa shape index (κ3) is 8.92. The molecule has 0 radical (unpaired) electrons. The Bertz CT molecular complexity index is 1610. The van der Waals surface area contributed by atoms with Gasteiger partial charge in [0.2, 0.25) is 12.6 Å². The molecule has 4 rings (SSSR count). The first-order valence-corrected chi connectivity index (χ1v) is 14.6. The number of aliphatic hydroxyl groups is 1. The minimum atomic E-state index is -1.41. The molecule has 0 spiro atoms. The highest BCUT2D eigenvalue weighted by molar-refractivity contribution is 5.87. The topological polar surface area (TPSA) is 207 Å². The number of ether oxygens (including phenoxy) is 2. The number of hydrogen-bond donors (Lipinski definition) is 4. The number of unbranched alkanes of at least 4 members (excludes halogenated alkanes) is 1. The van der Waals surface area contributed by atoms with E-state index in [1.807, 2.05) is 55.5 Å². The predicted octanol–water partition coefficient (Wildman–Crippen LogP) is 4.03. The van der Waals surface area contributed by atoms with Crippen LogP contribution in [0.1, 0.15) is 67.6 Å². The molecule has 0 saturated carbocycles. The number of tetrazole rings is 1. The van der Waals surface area contributed by atoms with Crippen LogP contribution >= 0.6 is 0 Å². The van der Waals surface area contributed by atoms with Gasteiger partial charge in [0.05, 0.1) is 18.6 Å². The van der Waals surface area contributed by atoms with Crippen molar-refractivity contribution in [2.45, 2.75) is 65.3 Å². The van der Waals surface area contributed by atoms with Crippen molar-refractivity contribution in [1.82, 2.24) is 35.1 Å². The zero-order chi connectivity index (χ0) is 33.3. The number of aryl methyl sites for hydroxylation is 1. The number of carboxylic acid groups (broad SMARTS) is 1. The quantitative estimate of drug-likeness (QED) is 0.0776. The van der Waals surface area contributed by atoms with Crippen LogP contribution < -0.4 is 0 Å². The van der Waals surface area contributed by atoms with E-state index in [4.69, 9.17) is 19.9 Å². The highest BCUT2D eigenvalue weighted by Gasteiger charge is 2.31. The Morgan fingerprint density at radius 1 is 0.978 bits per heavy atom. The monoisotopic (exact) mass is 639 g/mol. The minimum absolute atomic E-state index is 0.0267. The van der Waals surface area contributed by atoms with Gasteiger partial charge in [-0.1, -0.05) is 55.5 Å². The zero-order valence-corrected chi connectivity index (χ0v) is 25.7. The Hall–Kier alpha value is -4.74. The van der Waals surface area contributed by atoms with Crippen LogP contribution in [0.15, 0.2) is 48.5 Å². The van der Waals surface area contributed by atoms with Gasteiger partial charge < -0.3 is 24.3 Å². The van der Waals surface area contributed by atoms with E-state index in [1.165, 1.54) is 13.8 Å². The molecular formula is C30H37N7O9. The minimum Gasteiger partial charge on any atom is -0.477 e. The molecule has 0 unspecified atom stereocenters. The Kier molecular flexibility index (Phi) is 11.5. The Labute approximate surface area is 264 Å². The standard InChI is InChI=1S/C30H37N7O9/c1-4-9-24-31-26(30(2,3)41)25(28(38)39)35(24)18-20-12-14-21(15-13-20)22-10-5-6-11-23(22)27-32-34-36(33-27)19-45-29(40)44-16-7-8-17-46-37(42)43/h5-6,10-15,41-43H,4,7-9,16-19H2,1-3H3,(H,38,39). The van der Waals surface area contributed by atoms with E-state index in [0.717, 1.165) is 27.9 Å². The average Bonchev–Trinajstić information content (AvgIpc) is 3.63. The second-order valence-corrected chi connectivity index (χ2v) is 10.8. The zero-order valence-electron chi connectivity index (χ0n) is 25.7. The molecule has 0 aliphatic rings. The summed E-state index contributed by atoms with van der Waals surface area (Å²) >= 11 is 0. The van der Waals surface area contributed by atoms with Crippen LogP contribution in [-0.4, -0.2) is 81.1 Å².